The van der Waals surface area contributed by atoms with Crippen molar-refractivity contribution in [2.24, 2.45) is 0 Å². The summed E-state index contributed by atoms with van der Waals surface area (Å²) in [4.78, 5) is 11.4. The number of benzene rings is 2. The molecule has 2 rings (SSSR count). The molecule has 2 aromatic carbocycles. The van der Waals surface area contributed by atoms with Crippen molar-refractivity contribution in [3.8, 4) is 11.5 Å². The molecule has 0 atom stereocenters. The van der Waals surface area contributed by atoms with Crippen molar-refractivity contribution in [3.05, 3.63) is 52.0 Å². The summed E-state index contributed by atoms with van der Waals surface area (Å²) in [5.74, 6) is 0.775. The molecule has 0 aromatic heterocycles. The lowest BCUT2D eigenvalue weighted by Gasteiger charge is -2.10. The van der Waals surface area contributed by atoms with Gasteiger partial charge in [-0.15, -0.1) is 0 Å². The molecule has 0 aliphatic rings. The molecular weight excluding hydrogens is 285 g/mol. The fourth-order valence-electron chi connectivity index (χ4n) is 1.59. The maximum Gasteiger partial charge on any atom is 0.162 e. The molecule has 2 N–H and O–H groups in total. The highest BCUT2D eigenvalue weighted by Gasteiger charge is 2.10. The predicted octanol–water partition coefficient (Wildman–Crippen LogP) is 4.57. The second-order valence-electron chi connectivity index (χ2n) is 3.96. The van der Waals surface area contributed by atoms with Gasteiger partial charge in [-0.05, 0) is 37.3 Å². The highest BCUT2D eigenvalue weighted by Crippen LogP contribution is 2.35. The van der Waals surface area contributed by atoms with E-state index in [2.05, 4.69) is 0 Å². The first-order valence-corrected chi connectivity index (χ1v) is 6.27. The van der Waals surface area contributed by atoms with E-state index in [1.807, 2.05) is 0 Å². The standard InChI is InChI=1S/C14H11Cl2NO2/c1-8(18)10-7-9(5-6-12(10)17)19-13-4-2-3-11(15)14(13)16/h2-7H,17H2,1H3. The van der Waals surface area contributed by atoms with Crippen LogP contribution in [0.3, 0.4) is 0 Å². The smallest absolute Gasteiger partial charge is 0.162 e. The summed E-state index contributed by atoms with van der Waals surface area (Å²) in [5.41, 5.74) is 6.54. The van der Waals surface area contributed by atoms with Crippen molar-refractivity contribution in [2.75, 3.05) is 5.73 Å². The normalized spacial score (nSPS) is 10.3. The summed E-state index contributed by atoms with van der Waals surface area (Å²) in [7, 11) is 0. The number of Topliss-reactive ketones (excluding diaryl/α,β-unsaturated/α-hetero) is 1. The molecule has 19 heavy (non-hydrogen) atoms. The Morgan fingerprint density at radius 3 is 2.63 bits per heavy atom. The highest BCUT2D eigenvalue weighted by atomic mass is 35.5. The summed E-state index contributed by atoms with van der Waals surface area (Å²) in [6.45, 7) is 1.45. The molecule has 0 spiro atoms. The number of ketones is 1. The molecule has 0 heterocycles. The highest BCUT2D eigenvalue weighted by molar-refractivity contribution is 6.42. The quantitative estimate of drug-likeness (QED) is 0.666. The number of hydrogen-bond donors (Lipinski definition) is 1. The van der Waals surface area contributed by atoms with E-state index >= 15 is 0 Å². The first kappa shape index (κ1) is 13.7. The van der Waals surface area contributed by atoms with E-state index in [9.17, 15) is 4.79 Å². The van der Waals surface area contributed by atoms with Crippen LogP contribution in [-0.4, -0.2) is 5.78 Å². The van der Waals surface area contributed by atoms with E-state index in [0.29, 0.717) is 32.8 Å². The second kappa shape index (κ2) is 5.51. The minimum atomic E-state index is -0.125. The summed E-state index contributed by atoms with van der Waals surface area (Å²) in [6, 6.07) is 9.95. The van der Waals surface area contributed by atoms with Gasteiger partial charge in [0.05, 0.1) is 5.02 Å². The number of hydrogen-bond acceptors (Lipinski definition) is 3. The molecule has 0 aliphatic heterocycles. The third kappa shape index (κ3) is 3.00. The molecule has 0 bridgehead atoms. The van der Waals surface area contributed by atoms with Gasteiger partial charge in [0.25, 0.3) is 0 Å². The molecular formula is C14H11Cl2NO2. The summed E-state index contributed by atoms with van der Waals surface area (Å²) < 4.78 is 5.61. The zero-order valence-corrected chi connectivity index (χ0v) is 11.6. The Hall–Kier alpha value is -1.71. The van der Waals surface area contributed by atoms with Crippen LogP contribution in [0.5, 0.6) is 11.5 Å². The van der Waals surface area contributed by atoms with Crippen LogP contribution in [0.15, 0.2) is 36.4 Å². The summed E-state index contributed by atoms with van der Waals surface area (Å²) >= 11 is 11.9. The molecule has 3 nitrogen and oxygen atoms in total. The van der Waals surface area contributed by atoms with Crippen LogP contribution in [0.2, 0.25) is 10.0 Å². The lowest BCUT2D eigenvalue weighted by molar-refractivity contribution is 0.101. The van der Waals surface area contributed by atoms with Gasteiger partial charge in [0.15, 0.2) is 5.78 Å². The lowest BCUT2D eigenvalue weighted by atomic mass is 10.1. The second-order valence-corrected chi connectivity index (χ2v) is 4.74. The van der Waals surface area contributed by atoms with Crippen molar-refractivity contribution >= 4 is 34.7 Å². The van der Waals surface area contributed by atoms with Gasteiger partial charge in [-0.1, -0.05) is 29.3 Å². The van der Waals surface area contributed by atoms with E-state index in [1.54, 1.807) is 36.4 Å². The largest absolute Gasteiger partial charge is 0.456 e. The van der Waals surface area contributed by atoms with Crippen molar-refractivity contribution in [2.45, 2.75) is 6.92 Å². The molecule has 0 amide bonds. The van der Waals surface area contributed by atoms with Crippen molar-refractivity contribution in [1.29, 1.82) is 0 Å². The Kier molecular flexibility index (Phi) is 3.98. The number of carbonyl (C=O) groups is 1. The molecule has 0 saturated carbocycles. The van der Waals surface area contributed by atoms with Crippen LogP contribution in [0.25, 0.3) is 0 Å². The van der Waals surface area contributed by atoms with Gasteiger partial charge in [-0.2, -0.15) is 0 Å². The molecule has 0 radical (unpaired) electrons. The van der Waals surface area contributed by atoms with Crippen LogP contribution in [0.4, 0.5) is 5.69 Å². The van der Waals surface area contributed by atoms with Gasteiger partial charge in [0.1, 0.15) is 16.5 Å². The predicted molar refractivity (Wildman–Crippen MR) is 77.4 cm³/mol. The number of anilines is 1. The van der Waals surface area contributed by atoms with Gasteiger partial charge in [-0.3, -0.25) is 4.79 Å². The first-order valence-electron chi connectivity index (χ1n) is 5.51. The Bertz CT molecular complexity index is 641. The van der Waals surface area contributed by atoms with Crippen molar-refractivity contribution in [3.63, 3.8) is 0 Å². The van der Waals surface area contributed by atoms with Gasteiger partial charge in [0.2, 0.25) is 0 Å². The zero-order valence-electron chi connectivity index (χ0n) is 10.1. The Morgan fingerprint density at radius 1 is 1.21 bits per heavy atom. The van der Waals surface area contributed by atoms with Gasteiger partial charge < -0.3 is 10.5 Å². The topological polar surface area (TPSA) is 52.3 Å². The molecule has 2 aromatic rings. The van der Waals surface area contributed by atoms with Crippen LogP contribution < -0.4 is 10.5 Å². The fraction of sp³-hybridized carbons (Fsp3) is 0.0714. The third-order valence-electron chi connectivity index (χ3n) is 2.55. The fourth-order valence-corrected chi connectivity index (χ4v) is 1.92. The number of carbonyl (C=O) groups excluding carboxylic acids is 1. The van der Waals surface area contributed by atoms with Crippen LogP contribution >= 0.6 is 23.2 Å². The Morgan fingerprint density at radius 2 is 1.95 bits per heavy atom. The molecule has 0 fully saturated rings. The molecule has 0 aliphatic carbocycles. The van der Waals surface area contributed by atoms with E-state index in [1.165, 1.54) is 6.92 Å². The van der Waals surface area contributed by atoms with Gasteiger partial charge in [-0.25, -0.2) is 0 Å². The summed E-state index contributed by atoms with van der Waals surface area (Å²) in [5, 5.41) is 0.728. The number of halogens is 2. The minimum absolute atomic E-state index is 0.125. The number of rotatable bonds is 3. The maximum atomic E-state index is 11.4. The van der Waals surface area contributed by atoms with Gasteiger partial charge >= 0.3 is 0 Å². The monoisotopic (exact) mass is 295 g/mol. The Balaban J connectivity index is 2.36. The van der Waals surface area contributed by atoms with E-state index in [-0.39, 0.29) is 5.78 Å². The van der Waals surface area contributed by atoms with E-state index < -0.39 is 0 Å². The van der Waals surface area contributed by atoms with Crippen molar-refractivity contribution < 1.29 is 9.53 Å². The average molecular weight is 296 g/mol. The van der Waals surface area contributed by atoms with Crippen LogP contribution in [0, 0.1) is 0 Å². The summed E-state index contributed by atoms with van der Waals surface area (Å²) in [6.07, 6.45) is 0. The molecule has 5 heteroatoms. The molecule has 0 unspecified atom stereocenters. The number of ether oxygens (including phenoxy) is 1. The zero-order chi connectivity index (χ0) is 14.0. The SMILES string of the molecule is CC(=O)c1cc(Oc2cccc(Cl)c2Cl)ccc1N. The van der Waals surface area contributed by atoms with E-state index in [4.69, 9.17) is 33.7 Å². The Labute approximate surface area is 120 Å². The number of nitrogens with two attached hydrogens (primary N) is 1. The van der Waals surface area contributed by atoms with E-state index in [0.717, 1.165) is 0 Å². The molecule has 98 valence electrons. The molecule has 0 saturated heterocycles. The van der Waals surface area contributed by atoms with Crippen molar-refractivity contribution in [1.82, 2.24) is 0 Å². The van der Waals surface area contributed by atoms with Crippen LogP contribution in [-0.2, 0) is 0 Å². The maximum absolute atomic E-state index is 11.4. The minimum Gasteiger partial charge on any atom is -0.456 e. The average Bonchev–Trinajstić information content (AvgIpc) is 2.37. The van der Waals surface area contributed by atoms with Gasteiger partial charge in [0, 0.05) is 11.3 Å². The first-order chi connectivity index (χ1) is 8.99. The lowest BCUT2D eigenvalue weighted by Crippen LogP contribution is -1.99. The van der Waals surface area contributed by atoms with Crippen LogP contribution in [0.1, 0.15) is 17.3 Å². The number of nitrogen functional groups attached to an aromatic ring is 1. The third-order valence-corrected chi connectivity index (χ3v) is 3.35.